The van der Waals surface area contributed by atoms with E-state index in [1.807, 2.05) is 24.3 Å². The van der Waals surface area contributed by atoms with Gasteiger partial charge in [-0.05, 0) is 36.1 Å². The second-order valence-corrected chi connectivity index (χ2v) is 6.28. The number of halogens is 1. The number of thiophene rings is 1. The van der Waals surface area contributed by atoms with Gasteiger partial charge in [-0.1, -0.05) is 25.1 Å². The summed E-state index contributed by atoms with van der Waals surface area (Å²) in [5.41, 5.74) is 1.76. The smallest absolute Gasteiger partial charge is 0.191 e. The Hall–Kier alpha value is -1.59. The maximum absolute atomic E-state index is 8.82. The molecule has 0 radical (unpaired) electrons. The Balaban J connectivity index is 0.00000288. The van der Waals surface area contributed by atoms with Crippen molar-refractivity contribution in [2.45, 2.75) is 26.3 Å². The van der Waals surface area contributed by atoms with Crippen molar-refractivity contribution in [1.29, 1.82) is 5.26 Å². The molecule has 0 aliphatic rings. The van der Waals surface area contributed by atoms with Gasteiger partial charge in [0.05, 0.1) is 18.2 Å². The molecule has 0 saturated carbocycles. The second-order valence-electron chi connectivity index (χ2n) is 5.30. The van der Waals surface area contributed by atoms with Crippen molar-refractivity contribution in [3.8, 4) is 6.07 Å². The van der Waals surface area contributed by atoms with Gasteiger partial charge in [-0.2, -0.15) is 5.26 Å². The molecule has 0 saturated heterocycles. The van der Waals surface area contributed by atoms with Gasteiger partial charge in [0.15, 0.2) is 5.96 Å². The highest BCUT2D eigenvalue weighted by atomic mass is 127. The minimum absolute atomic E-state index is 0. The van der Waals surface area contributed by atoms with Gasteiger partial charge in [0.2, 0.25) is 0 Å². The molecular weight excluding hydrogens is 431 g/mol. The van der Waals surface area contributed by atoms with Gasteiger partial charge in [-0.25, -0.2) is 4.99 Å². The third-order valence-electron chi connectivity index (χ3n) is 3.45. The zero-order valence-corrected chi connectivity index (χ0v) is 17.1. The first-order valence-corrected chi connectivity index (χ1v) is 8.65. The van der Waals surface area contributed by atoms with Crippen molar-refractivity contribution in [2.24, 2.45) is 4.99 Å². The van der Waals surface area contributed by atoms with Gasteiger partial charge in [0, 0.05) is 23.9 Å². The van der Waals surface area contributed by atoms with E-state index in [0.29, 0.717) is 18.0 Å². The van der Waals surface area contributed by atoms with Crippen LogP contribution in [-0.2, 0) is 6.54 Å². The summed E-state index contributed by atoms with van der Waals surface area (Å²) in [5.74, 6) is 1.27. The van der Waals surface area contributed by atoms with Crippen LogP contribution in [0.2, 0.25) is 0 Å². The van der Waals surface area contributed by atoms with E-state index in [-0.39, 0.29) is 24.0 Å². The highest BCUT2D eigenvalue weighted by Gasteiger charge is 2.07. The standard InChI is InChI=1S/C18H22N4S.HI/c1-3-20-18(21-12-14(2)17-5-4-10-23-17)22-13-16-8-6-15(11-19)7-9-16;/h4-10,14H,3,12-13H2,1-2H3,(H2,20,21,22);1H. The minimum Gasteiger partial charge on any atom is -0.357 e. The molecule has 4 nitrogen and oxygen atoms in total. The Morgan fingerprint density at radius 3 is 2.58 bits per heavy atom. The van der Waals surface area contributed by atoms with Crippen LogP contribution in [0, 0.1) is 11.3 Å². The number of hydrogen-bond acceptors (Lipinski definition) is 3. The van der Waals surface area contributed by atoms with E-state index >= 15 is 0 Å². The van der Waals surface area contributed by atoms with Crippen LogP contribution in [0.3, 0.4) is 0 Å². The molecule has 0 aliphatic carbocycles. The molecule has 6 heteroatoms. The number of nitrogens with zero attached hydrogens (tertiary/aromatic N) is 2. The van der Waals surface area contributed by atoms with E-state index in [1.54, 1.807) is 11.3 Å². The molecule has 0 bridgehead atoms. The van der Waals surface area contributed by atoms with Crippen molar-refractivity contribution in [3.05, 3.63) is 57.8 Å². The van der Waals surface area contributed by atoms with Crippen LogP contribution >= 0.6 is 35.3 Å². The van der Waals surface area contributed by atoms with Crippen molar-refractivity contribution in [2.75, 3.05) is 13.1 Å². The summed E-state index contributed by atoms with van der Waals surface area (Å²) in [5, 5.41) is 17.6. The molecule has 128 valence electrons. The Morgan fingerprint density at radius 1 is 1.25 bits per heavy atom. The van der Waals surface area contributed by atoms with E-state index < -0.39 is 0 Å². The Labute approximate surface area is 165 Å². The third kappa shape index (κ3) is 6.49. The topological polar surface area (TPSA) is 60.2 Å². The van der Waals surface area contributed by atoms with E-state index in [1.165, 1.54) is 4.88 Å². The third-order valence-corrected chi connectivity index (χ3v) is 4.56. The second kappa shape index (κ2) is 11.0. The molecule has 2 aromatic rings. The first-order valence-electron chi connectivity index (χ1n) is 7.77. The average Bonchev–Trinajstić information content (AvgIpc) is 3.12. The maximum Gasteiger partial charge on any atom is 0.191 e. The largest absolute Gasteiger partial charge is 0.357 e. The molecule has 24 heavy (non-hydrogen) atoms. The molecule has 0 fully saturated rings. The van der Waals surface area contributed by atoms with E-state index in [2.05, 4.69) is 53.1 Å². The van der Waals surface area contributed by atoms with Crippen molar-refractivity contribution >= 4 is 41.3 Å². The van der Waals surface area contributed by atoms with E-state index in [9.17, 15) is 0 Å². The monoisotopic (exact) mass is 454 g/mol. The molecule has 2 N–H and O–H groups in total. The molecule has 0 amide bonds. The summed E-state index contributed by atoms with van der Waals surface area (Å²) in [6, 6.07) is 13.9. The maximum atomic E-state index is 8.82. The SMILES string of the molecule is CCNC(=NCc1ccc(C#N)cc1)NCC(C)c1cccs1.I. The number of nitrogens with one attached hydrogen (secondary N) is 2. The first kappa shape index (κ1) is 20.5. The summed E-state index contributed by atoms with van der Waals surface area (Å²) in [7, 11) is 0. The number of guanidine groups is 1. The molecule has 2 rings (SSSR count). The van der Waals surface area contributed by atoms with Gasteiger partial charge < -0.3 is 10.6 Å². The number of aliphatic imine (C=N–C) groups is 1. The molecule has 1 aromatic heterocycles. The minimum atomic E-state index is 0. The molecule has 1 atom stereocenters. The summed E-state index contributed by atoms with van der Waals surface area (Å²) in [4.78, 5) is 5.98. The quantitative estimate of drug-likeness (QED) is 0.393. The van der Waals surface area contributed by atoms with Gasteiger partial charge in [-0.15, -0.1) is 35.3 Å². The molecule has 1 unspecified atom stereocenters. The highest BCUT2D eigenvalue weighted by Crippen LogP contribution is 2.19. The summed E-state index contributed by atoms with van der Waals surface area (Å²) >= 11 is 1.78. The first-order chi connectivity index (χ1) is 11.2. The predicted molar refractivity (Wildman–Crippen MR) is 112 cm³/mol. The van der Waals surface area contributed by atoms with Crippen molar-refractivity contribution in [3.63, 3.8) is 0 Å². The number of benzene rings is 1. The van der Waals surface area contributed by atoms with Gasteiger partial charge in [0.25, 0.3) is 0 Å². The summed E-state index contributed by atoms with van der Waals surface area (Å²) in [6.45, 7) is 6.53. The van der Waals surface area contributed by atoms with Crippen LogP contribution < -0.4 is 10.6 Å². The van der Waals surface area contributed by atoms with Gasteiger partial charge in [-0.3, -0.25) is 0 Å². The lowest BCUT2D eigenvalue weighted by Gasteiger charge is -2.15. The van der Waals surface area contributed by atoms with Crippen LogP contribution in [0.25, 0.3) is 0 Å². The van der Waals surface area contributed by atoms with Crippen LogP contribution in [-0.4, -0.2) is 19.0 Å². The zero-order chi connectivity index (χ0) is 16.5. The normalized spacial score (nSPS) is 12.0. The van der Waals surface area contributed by atoms with E-state index in [0.717, 1.165) is 24.6 Å². The highest BCUT2D eigenvalue weighted by molar-refractivity contribution is 14.0. The number of nitriles is 1. The molecule has 0 aliphatic heterocycles. The van der Waals surface area contributed by atoms with E-state index in [4.69, 9.17) is 5.26 Å². The fraction of sp³-hybridized carbons (Fsp3) is 0.333. The van der Waals surface area contributed by atoms with Gasteiger partial charge in [0.1, 0.15) is 0 Å². The Bertz CT molecular complexity index is 659. The van der Waals surface area contributed by atoms with Crippen LogP contribution in [0.5, 0.6) is 0 Å². The van der Waals surface area contributed by atoms with Crippen molar-refractivity contribution < 1.29 is 0 Å². The predicted octanol–water partition coefficient (Wildman–Crippen LogP) is 4.10. The number of rotatable bonds is 6. The fourth-order valence-electron chi connectivity index (χ4n) is 2.12. The van der Waals surface area contributed by atoms with Crippen molar-refractivity contribution in [1.82, 2.24) is 10.6 Å². The molecular formula is C18H23IN4S. The lowest BCUT2D eigenvalue weighted by Crippen LogP contribution is -2.39. The van der Waals surface area contributed by atoms with Crippen LogP contribution in [0.1, 0.15) is 35.8 Å². The molecule has 1 aromatic carbocycles. The average molecular weight is 454 g/mol. The van der Waals surface area contributed by atoms with Crippen LogP contribution in [0.4, 0.5) is 0 Å². The number of hydrogen-bond donors (Lipinski definition) is 2. The Morgan fingerprint density at radius 2 is 2.00 bits per heavy atom. The van der Waals surface area contributed by atoms with Gasteiger partial charge >= 0.3 is 0 Å². The van der Waals surface area contributed by atoms with Crippen LogP contribution in [0.15, 0.2) is 46.8 Å². The summed E-state index contributed by atoms with van der Waals surface area (Å²) < 4.78 is 0. The lowest BCUT2D eigenvalue weighted by atomic mass is 10.1. The summed E-state index contributed by atoms with van der Waals surface area (Å²) in [6.07, 6.45) is 0. The lowest BCUT2D eigenvalue weighted by molar-refractivity contribution is 0.709. The zero-order valence-electron chi connectivity index (χ0n) is 14.0. The molecule has 1 heterocycles. The fourth-order valence-corrected chi connectivity index (χ4v) is 2.91. The molecule has 0 spiro atoms. The Kier molecular flexibility index (Phi) is 9.42.